The number of aryl methyl sites for hydroxylation is 1. The zero-order chi connectivity index (χ0) is 19.2. The van der Waals surface area contributed by atoms with Crippen molar-refractivity contribution in [2.24, 2.45) is 0 Å². The molecule has 0 spiro atoms. The van der Waals surface area contributed by atoms with Gasteiger partial charge in [-0.25, -0.2) is 0 Å². The molecule has 0 bridgehead atoms. The van der Waals surface area contributed by atoms with Gasteiger partial charge in [-0.15, -0.1) is 0 Å². The lowest BCUT2D eigenvalue weighted by Gasteiger charge is -2.24. The van der Waals surface area contributed by atoms with E-state index in [0.717, 1.165) is 19.3 Å². The monoisotopic (exact) mass is 356 g/mol. The molecule has 1 atom stereocenters. The van der Waals surface area contributed by atoms with E-state index >= 15 is 0 Å². The van der Waals surface area contributed by atoms with Crippen LogP contribution in [0.1, 0.15) is 69.1 Å². The van der Waals surface area contributed by atoms with Crippen molar-refractivity contribution < 1.29 is 0 Å². The van der Waals surface area contributed by atoms with Crippen molar-refractivity contribution in [1.82, 2.24) is 0 Å². The van der Waals surface area contributed by atoms with E-state index in [4.69, 9.17) is 0 Å². The summed E-state index contributed by atoms with van der Waals surface area (Å²) in [6, 6.07) is 19.8. The smallest absolute Gasteiger partial charge is 0.0124 e. The quantitative estimate of drug-likeness (QED) is 0.491. The Labute approximate surface area is 165 Å². The van der Waals surface area contributed by atoms with Crippen molar-refractivity contribution in [3.63, 3.8) is 0 Å². The van der Waals surface area contributed by atoms with Gasteiger partial charge in [0.2, 0.25) is 0 Å². The van der Waals surface area contributed by atoms with Crippen LogP contribution in [0, 0.1) is 6.92 Å². The van der Waals surface area contributed by atoms with Crippen molar-refractivity contribution in [2.75, 3.05) is 0 Å². The summed E-state index contributed by atoms with van der Waals surface area (Å²) in [4.78, 5) is 0. The van der Waals surface area contributed by atoms with Gasteiger partial charge in [-0.3, -0.25) is 0 Å². The number of hydrogen-bond donors (Lipinski definition) is 0. The summed E-state index contributed by atoms with van der Waals surface area (Å²) in [5, 5.41) is 0. The number of allylic oxidation sites excluding steroid dienone is 6. The molecular formula is C27H32. The molecule has 0 fully saturated rings. The highest BCUT2D eigenvalue weighted by atomic mass is 14.2. The van der Waals surface area contributed by atoms with Crippen LogP contribution < -0.4 is 0 Å². The van der Waals surface area contributed by atoms with Crippen molar-refractivity contribution in [2.45, 2.75) is 59.3 Å². The normalized spacial score (nSPS) is 16.3. The van der Waals surface area contributed by atoms with Crippen molar-refractivity contribution >= 4 is 5.57 Å². The molecule has 1 unspecified atom stereocenters. The van der Waals surface area contributed by atoms with E-state index < -0.39 is 0 Å². The first-order chi connectivity index (χ1) is 13.1. The van der Waals surface area contributed by atoms with Gasteiger partial charge in [0.05, 0.1) is 0 Å². The van der Waals surface area contributed by atoms with Gasteiger partial charge < -0.3 is 0 Å². The van der Waals surface area contributed by atoms with Gasteiger partial charge in [-0.05, 0) is 85.8 Å². The lowest BCUT2D eigenvalue weighted by Crippen LogP contribution is -2.05. The Hall–Kier alpha value is -2.34. The third kappa shape index (κ3) is 4.50. The molecule has 3 rings (SSSR count). The van der Waals surface area contributed by atoms with Gasteiger partial charge in [-0.2, -0.15) is 0 Å². The molecule has 0 N–H and O–H groups in total. The fraction of sp³-hybridized carbons (Fsp3) is 0.333. The number of hydrogen-bond acceptors (Lipinski definition) is 0. The molecule has 140 valence electrons. The molecule has 27 heavy (non-hydrogen) atoms. The molecule has 0 saturated heterocycles. The van der Waals surface area contributed by atoms with Crippen LogP contribution in [0.2, 0.25) is 0 Å². The Morgan fingerprint density at radius 2 is 1.67 bits per heavy atom. The highest BCUT2D eigenvalue weighted by molar-refractivity contribution is 5.80. The predicted octanol–water partition coefficient (Wildman–Crippen LogP) is 8.02. The molecule has 0 amide bonds. The summed E-state index contributed by atoms with van der Waals surface area (Å²) < 4.78 is 0. The van der Waals surface area contributed by atoms with E-state index in [-0.39, 0.29) is 0 Å². The van der Waals surface area contributed by atoms with Crippen LogP contribution in [0.5, 0.6) is 0 Å². The maximum absolute atomic E-state index is 2.47. The largest absolute Gasteiger partial charge is 0.0841 e. The van der Waals surface area contributed by atoms with Gasteiger partial charge in [0.1, 0.15) is 0 Å². The third-order valence-electron chi connectivity index (χ3n) is 5.97. The Morgan fingerprint density at radius 3 is 2.33 bits per heavy atom. The SMILES string of the molecule is C/C=C(\CC(CC)c1ccccc1)C1=CC(c2ccccc2C)=C(C)CC1. The molecule has 1 aliphatic carbocycles. The zero-order valence-electron chi connectivity index (χ0n) is 17.3. The second kappa shape index (κ2) is 9.04. The summed E-state index contributed by atoms with van der Waals surface area (Å²) in [7, 11) is 0. The van der Waals surface area contributed by atoms with Crippen LogP contribution in [-0.2, 0) is 0 Å². The average molecular weight is 357 g/mol. The Morgan fingerprint density at radius 1 is 0.963 bits per heavy atom. The minimum Gasteiger partial charge on any atom is -0.0841 e. The zero-order valence-corrected chi connectivity index (χ0v) is 17.3. The standard InChI is InChI=1S/C27H32/c1-5-22(24-13-8-7-9-14-24)18-23(6-2)25-17-16-21(4)27(19-25)26-15-11-10-12-20(26)3/h6-15,19,22H,5,16-18H2,1-4H3/b23-6+. The van der Waals surface area contributed by atoms with E-state index in [1.807, 2.05) is 0 Å². The Bertz CT molecular complexity index is 862. The molecule has 0 heterocycles. The topological polar surface area (TPSA) is 0 Å². The molecule has 0 aromatic heterocycles. The highest BCUT2D eigenvalue weighted by Crippen LogP contribution is 2.38. The van der Waals surface area contributed by atoms with Crippen LogP contribution in [0.25, 0.3) is 5.57 Å². The molecular weight excluding hydrogens is 324 g/mol. The van der Waals surface area contributed by atoms with Gasteiger partial charge in [0.25, 0.3) is 0 Å². The van der Waals surface area contributed by atoms with Gasteiger partial charge in [0, 0.05) is 0 Å². The van der Waals surface area contributed by atoms with E-state index in [9.17, 15) is 0 Å². The van der Waals surface area contributed by atoms with Gasteiger partial charge >= 0.3 is 0 Å². The second-order valence-corrected chi connectivity index (χ2v) is 7.71. The fourth-order valence-electron chi connectivity index (χ4n) is 4.19. The fourth-order valence-corrected chi connectivity index (χ4v) is 4.19. The molecule has 0 radical (unpaired) electrons. The first-order valence-electron chi connectivity index (χ1n) is 10.3. The minimum atomic E-state index is 0.590. The molecule has 0 heteroatoms. The summed E-state index contributed by atoms with van der Waals surface area (Å²) in [5.41, 5.74) is 10.2. The van der Waals surface area contributed by atoms with Crippen molar-refractivity contribution in [1.29, 1.82) is 0 Å². The van der Waals surface area contributed by atoms with E-state index in [1.54, 1.807) is 0 Å². The maximum Gasteiger partial charge on any atom is -0.0124 e. The van der Waals surface area contributed by atoms with E-state index in [2.05, 4.69) is 94.4 Å². The molecule has 2 aromatic rings. The molecule has 0 aliphatic heterocycles. The lowest BCUT2D eigenvalue weighted by molar-refractivity contribution is 0.654. The highest BCUT2D eigenvalue weighted by Gasteiger charge is 2.18. The number of benzene rings is 2. The Kier molecular flexibility index (Phi) is 6.50. The predicted molar refractivity (Wildman–Crippen MR) is 119 cm³/mol. The average Bonchev–Trinajstić information content (AvgIpc) is 2.71. The maximum atomic E-state index is 2.47. The molecule has 0 saturated carbocycles. The summed E-state index contributed by atoms with van der Waals surface area (Å²) in [5.74, 6) is 0.590. The van der Waals surface area contributed by atoms with Crippen molar-refractivity contribution in [3.8, 4) is 0 Å². The van der Waals surface area contributed by atoms with Crippen LogP contribution in [0.15, 0.2) is 83.5 Å². The van der Waals surface area contributed by atoms with Crippen LogP contribution >= 0.6 is 0 Å². The van der Waals surface area contributed by atoms with Crippen LogP contribution in [0.4, 0.5) is 0 Å². The molecule has 2 aromatic carbocycles. The summed E-state index contributed by atoms with van der Waals surface area (Å²) in [6.07, 6.45) is 9.43. The second-order valence-electron chi connectivity index (χ2n) is 7.71. The lowest BCUT2D eigenvalue weighted by atomic mass is 9.81. The Balaban J connectivity index is 1.89. The minimum absolute atomic E-state index is 0.590. The first-order valence-corrected chi connectivity index (χ1v) is 10.3. The summed E-state index contributed by atoms with van der Waals surface area (Å²) in [6.45, 7) is 9.02. The molecule has 1 aliphatic rings. The van der Waals surface area contributed by atoms with Crippen molar-refractivity contribution in [3.05, 3.63) is 100 Å². The van der Waals surface area contributed by atoms with E-state index in [0.29, 0.717) is 5.92 Å². The third-order valence-corrected chi connectivity index (χ3v) is 5.97. The van der Waals surface area contributed by atoms with Crippen LogP contribution in [-0.4, -0.2) is 0 Å². The van der Waals surface area contributed by atoms with Crippen LogP contribution in [0.3, 0.4) is 0 Å². The van der Waals surface area contributed by atoms with Gasteiger partial charge in [0.15, 0.2) is 0 Å². The summed E-state index contributed by atoms with van der Waals surface area (Å²) >= 11 is 0. The first kappa shape index (κ1) is 19.4. The van der Waals surface area contributed by atoms with Gasteiger partial charge in [-0.1, -0.05) is 79.2 Å². The number of rotatable bonds is 6. The van der Waals surface area contributed by atoms with E-state index in [1.165, 1.54) is 45.4 Å². The molecule has 0 nitrogen and oxygen atoms in total.